The van der Waals surface area contributed by atoms with Gasteiger partial charge >= 0.3 is 5.97 Å². The molecular weight excluding hydrogens is 218 g/mol. The average molecular weight is 239 g/mol. The number of carboxylic acid groups (broad SMARTS) is 1. The van der Waals surface area contributed by atoms with E-state index in [0.29, 0.717) is 24.8 Å². The van der Waals surface area contributed by atoms with E-state index >= 15 is 0 Å². The van der Waals surface area contributed by atoms with E-state index in [2.05, 4.69) is 0 Å². The molecule has 1 N–H and O–H groups in total. The summed E-state index contributed by atoms with van der Waals surface area (Å²) >= 11 is 0. The van der Waals surface area contributed by atoms with Gasteiger partial charge in [-0.2, -0.15) is 0 Å². The van der Waals surface area contributed by atoms with Crippen LogP contribution < -0.4 is 0 Å². The van der Waals surface area contributed by atoms with Crippen molar-refractivity contribution in [3.8, 4) is 0 Å². The molecule has 4 heteroatoms. The van der Waals surface area contributed by atoms with Gasteiger partial charge in [0.1, 0.15) is 6.54 Å². The van der Waals surface area contributed by atoms with Crippen molar-refractivity contribution < 1.29 is 14.7 Å². The normalized spacial score (nSPS) is 20.5. The van der Waals surface area contributed by atoms with Crippen LogP contribution in [0, 0.1) is 11.8 Å². The Labute approximate surface area is 102 Å². The molecule has 2 aliphatic carbocycles. The van der Waals surface area contributed by atoms with Crippen molar-refractivity contribution in [3.05, 3.63) is 0 Å². The Kier molecular flexibility index (Phi) is 4.02. The number of amides is 1. The summed E-state index contributed by atoms with van der Waals surface area (Å²) in [5.74, 6) is 0.205. The number of carbonyl (C=O) groups is 2. The molecule has 0 heterocycles. The molecule has 0 aliphatic heterocycles. The molecule has 0 bridgehead atoms. The van der Waals surface area contributed by atoms with E-state index in [9.17, 15) is 9.59 Å². The van der Waals surface area contributed by atoms with Crippen molar-refractivity contribution in [2.24, 2.45) is 11.8 Å². The zero-order chi connectivity index (χ0) is 12.3. The van der Waals surface area contributed by atoms with Gasteiger partial charge in [-0.15, -0.1) is 0 Å². The molecule has 2 fully saturated rings. The van der Waals surface area contributed by atoms with Gasteiger partial charge in [0.25, 0.3) is 0 Å². The molecule has 0 unspecified atom stereocenters. The second kappa shape index (κ2) is 5.52. The summed E-state index contributed by atoms with van der Waals surface area (Å²) in [6, 6.07) is 0. The smallest absolute Gasteiger partial charge is 0.323 e. The Bertz CT molecular complexity index is 293. The van der Waals surface area contributed by atoms with Crippen LogP contribution in [-0.4, -0.2) is 35.0 Å². The molecule has 17 heavy (non-hydrogen) atoms. The third-order valence-electron chi connectivity index (χ3n) is 3.79. The zero-order valence-electron chi connectivity index (χ0n) is 10.2. The van der Waals surface area contributed by atoms with Gasteiger partial charge in [0.05, 0.1) is 0 Å². The SMILES string of the molecule is O=C(O)CN(CC1CC1)C(=O)CC1CCCC1. The molecule has 2 saturated carbocycles. The molecule has 0 spiro atoms. The van der Waals surface area contributed by atoms with Gasteiger partial charge in [-0.05, 0) is 37.5 Å². The van der Waals surface area contributed by atoms with Gasteiger partial charge in [-0.1, -0.05) is 12.8 Å². The molecule has 0 aromatic heterocycles. The van der Waals surface area contributed by atoms with Crippen molar-refractivity contribution in [1.82, 2.24) is 4.90 Å². The van der Waals surface area contributed by atoms with Crippen molar-refractivity contribution in [2.45, 2.75) is 44.9 Å². The van der Waals surface area contributed by atoms with E-state index in [1.54, 1.807) is 4.90 Å². The molecule has 2 rings (SSSR count). The van der Waals surface area contributed by atoms with Crippen molar-refractivity contribution >= 4 is 11.9 Å². The Morgan fingerprint density at radius 1 is 1.06 bits per heavy atom. The lowest BCUT2D eigenvalue weighted by Gasteiger charge is -2.22. The monoisotopic (exact) mass is 239 g/mol. The maximum atomic E-state index is 12.1. The fraction of sp³-hybridized carbons (Fsp3) is 0.846. The number of carboxylic acids is 1. The van der Waals surface area contributed by atoms with Crippen LogP contribution in [-0.2, 0) is 9.59 Å². The molecule has 1 amide bonds. The predicted molar refractivity (Wildman–Crippen MR) is 63.5 cm³/mol. The van der Waals surface area contributed by atoms with Crippen LogP contribution in [0.2, 0.25) is 0 Å². The minimum Gasteiger partial charge on any atom is -0.480 e. The summed E-state index contributed by atoms with van der Waals surface area (Å²) in [6.07, 6.45) is 7.56. The molecule has 0 aromatic rings. The molecule has 0 radical (unpaired) electrons. The fourth-order valence-corrected chi connectivity index (χ4v) is 2.62. The summed E-state index contributed by atoms with van der Waals surface area (Å²) in [6.45, 7) is 0.528. The second-order valence-electron chi connectivity index (χ2n) is 5.47. The van der Waals surface area contributed by atoms with Crippen molar-refractivity contribution in [2.75, 3.05) is 13.1 Å². The van der Waals surface area contributed by atoms with Crippen LogP contribution in [0.1, 0.15) is 44.9 Å². The Morgan fingerprint density at radius 3 is 2.24 bits per heavy atom. The average Bonchev–Trinajstić information content (AvgIpc) is 2.92. The van der Waals surface area contributed by atoms with E-state index in [0.717, 1.165) is 25.7 Å². The quantitative estimate of drug-likeness (QED) is 0.770. The summed E-state index contributed by atoms with van der Waals surface area (Å²) in [4.78, 5) is 24.4. The van der Waals surface area contributed by atoms with E-state index in [4.69, 9.17) is 5.11 Å². The van der Waals surface area contributed by atoms with Crippen LogP contribution in [0.5, 0.6) is 0 Å². The van der Waals surface area contributed by atoms with Crippen LogP contribution in [0.15, 0.2) is 0 Å². The summed E-state index contributed by atoms with van der Waals surface area (Å²) in [5, 5.41) is 8.83. The summed E-state index contributed by atoms with van der Waals surface area (Å²) < 4.78 is 0. The van der Waals surface area contributed by atoms with Crippen molar-refractivity contribution in [1.29, 1.82) is 0 Å². The molecule has 4 nitrogen and oxygen atoms in total. The highest BCUT2D eigenvalue weighted by Crippen LogP contribution is 2.31. The minimum absolute atomic E-state index is 0.0474. The highest BCUT2D eigenvalue weighted by Gasteiger charge is 2.29. The molecule has 2 aliphatic rings. The van der Waals surface area contributed by atoms with Crippen molar-refractivity contribution in [3.63, 3.8) is 0 Å². The first-order chi connectivity index (χ1) is 8.15. The second-order valence-corrected chi connectivity index (χ2v) is 5.47. The van der Waals surface area contributed by atoms with Crippen LogP contribution in [0.3, 0.4) is 0 Å². The lowest BCUT2D eigenvalue weighted by molar-refractivity contribution is -0.145. The first kappa shape index (κ1) is 12.4. The Morgan fingerprint density at radius 2 is 1.71 bits per heavy atom. The van der Waals surface area contributed by atoms with Gasteiger partial charge in [-0.3, -0.25) is 9.59 Å². The summed E-state index contributed by atoms with van der Waals surface area (Å²) in [5.41, 5.74) is 0. The van der Waals surface area contributed by atoms with Gasteiger partial charge in [-0.25, -0.2) is 0 Å². The summed E-state index contributed by atoms with van der Waals surface area (Å²) in [7, 11) is 0. The Hall–Kier alpha value is -1.06. The lowest BCUT2D eigenvalue weighted by Crippen LogP contribution is -2.37. The van der Waals surface area contributed by atoms with E-state index in [1.807, 2.05) is 0 Å². The van der Waals surface area contributed by atoms with E-state index in [1.165, 1.54) is 12.8 Å². The maximum absolute atomic E-state index is 12.1. The van der Waals surface area contributed by atoms with E-state index < -0.39 is 5.97 Å². The number of rotatable bonds is 6. The number of aliphatic carboxylic acids is 1. The maximum Gasteiger partial charge on any atom is 0.323 e. The molecule has 0 atom stereocenters. The van der Waals surface area contributed by atoms with Gasteiger partial charge < -0.3 is 10.0 Å². The van der Waals surface area contributed by atoms with Gasteiger partial charge in [0, 0.05) is 13.0 Å². The Balaban J connectivity index is 1.83. The highest BCUT2D eigenvalue weighted by molar-refractivity contribution is 5.81. The van der Waals surface area contributed by atoms with Gasteiger partial charge in [0.2, 0.25) is 5.91 Å². The van der Waals surface area contributed by atoms with Crippen LogP contribution in [0.4, 0.5) is 0 Å². The standard InChI is InChI=1S/C13H21NO3/c15-12(7-10-3-1-2-4-10)14(9-13(16)17)8-11-5-6-11/h10-11H,1-9H2,(H,16,17). The van der Waals surface area contributed by atoms with Gasteiger partial charge in [0.15, 0.2) is 0 Å². The van der Waals surface area contributed by atoms with Crippen LogP contribution >= 0.6 is 0 Å². The first-order valence-electron chi connectivity index (χ1n) is 6.64. The first-order valence-corrected chi connectivity index (χ1v) is 6.64. The highest BCUT2D eigenvalue weighted by atomic mass is 16.4. The third kappa shape index (κ3) is 4.02. The number of nitrogens with zero attached hydrogens (tertiary/aromatic N) is 1. The minimum atomic E-state index is -0.898. The molecule has 0 saturated heterocycles. The van der Waals surface area contributed by atoms with E-state index in [-0.39, 0.29) is 12.5 Å². The molecule has 0 aromatic carbocycles. The topological polar surface area (TPSA) is 57.6 Å². The largest absolute Gasteiger partial charge is 0.480 e. The number of hydrogen-bond donors (Lipinski definition) is 1. The zero-order valence-corrected chi connectivity index (χ0v) is 10.2. The van der Waals surface area contributed by atoms with Crippen LogP contribution in [0.25, 0.3) is 0 Å². The lowest BCUT2D eigenvalue weighted by atomic mass is 10.0. The molecular formula is C13H21NO3. The third-order valence-corrected chi connectivity index (χ3v) is 3.79. The number of carbonyl (C=O) groups excluding carboxylic acids is 1. The predicted octanol–water partition coefficient (Wildman–Crippen LogP) is 1.89. The molecule has 96 valence electrons. The number of hydrogen-bond acceptors (Lipinski definition) is 2. The fourth-order valence-electron chi connectivity index (χ4n) is 2.62.